The topological polar surface area (TPSA) is 101 Å². The maximum absolute atomic E-state index is 13.0. The van der Waals surface area contributed by atoms with Crippen molar-refractivity contribution in [2.45, 2.75) is 19.6 Å². The second-order valence-electron chi connectivity index (χ2n) is 8.07. The Hall–Kier alpha value is -4.53. The highest BCUT2D eigenvalue weighted by atomic mass is 16.5. The number of fused-ring (bicyclic) bond motifs is 1. The van der Waals surface area contributed by atoms with Crippen LogP contribution in [0.5, 0.6) is 17.2 Å². The first-order valence-corrected chi connectivity index (χ1v) is 11.3. The molecule has 0 aliphatic rings. The number of methoxy groups -OCH3 is 3. The van der Waals surface area contributed by atoms with Crippen LogP contribution in [0.25, 0.3) is 11.0 Å². The molecule has 0 fully saturated rings. The standard InChI is InChI=1S/C27H27N3O6/c1-34-22-13-19(14-23(35-2)25(22)36-3)15-28-24(31)17-30-21-12-8-7-11-20(21)29(26(32)27(30)33)16-18-9-5-4-6-10-18/h4-14H,15-17H2,1-3H3,(H,28,31). The first kappa shape index (κ1) is 24.6. The van der Waals surface area contributed by atoms with Gasteiger partial charge >= 0.3 is 11.1 Å². The molecule has 0 spiro atoms. The molecule has 4 aromatic rings. The molecule has 3 aromatic carbocycles. The summed E-state index contributed by atoms with van der Waals surface area (Å²) in [4.78, 5) is 38.9. The van der Waals surface area contributed by atoms with Crippen molar-refractivity contribution in [3.05, 3.63) is 98.6 Å². The van der Waals surface area contributed by atoms with Crippen LogP contribution in [-0.4, -0.2) is 36.4 Å². The number of amides is 1. The number of aromatic nitrogens is 2. The molecule has 186 valence electrons. The van der Waals surface area contributed by atoms with Crippen molar-refractivity contribution in [3.8, 4) is 17.2 Å². The van der Waals surface area contributed by atoms with Crippen molar-refractivity contribution < 1.29 is 19.0 Å². The summed E-state index contributed by atoms with van der Waals surface area (Å²) in [6, 6.07) is 19.9. The third-order valence-corrected chi connectivity index (χ3v) is 5.84. The van der Waals surface area contributed by atoms with Crippen LogP contribution >= 0.6 is 0 Å². The Morgan fingerprint density at radius 2 is 1.31 bits per heavy atom. The predicted molar refractivity (Wildman–Crippen MR) is 136 cm³/mol. The average Bonchev–Trinajstić information content (AvgIpc) is 2.92. The summed E-state index contributed by atoms with van der Waals surface area (Å²) >= 11 is 0. The normalized spacial score (nSPS) is 10.8. The van der Waals surface area contributed by atoms with Crippen LogP contribution in [0.15, 0.2) is 76.3 Å². The summed E-state index contributed by atoms with van der Waals surface area (Å²) in [5, 5.41) is 2.79. The van der Waals surface area contributed by atoms with E-state index >= 15 is 0 Å². The number of carbonyl (C=O) groups excluding carboxylic acids is 1. The Labute approximate surface area is 207 Å². The number of benzene rings is 3. The number of hydrogen-bond acceptors (Lipinski definition) is 6. The molecule has 0 saturated heterocycles. The molecule has 1 heterocycles. The highest BCUT2D eigenvalue weighted by Crippen LogP contribution is 2.38. The molecule has 0 aliphatic carbocycles. The van der Waals surface area contributed by atoms with Crippen LogP contribution in [0.1, 0.15) is 11.1 Å². The Morgan fingerprint density at radius 3 is 1.89 bits per heavy atom. The maximum atomic E-state index is 13.0. The molecular formula is C27H27N3O6. The summed E-state index contributed by atoms with van der Waals surface area (Å²) in [6.07, 6.45) is 0. The third-order valence-electron chi connectivity index (χ3n) is 5.84. The Balaban J connectivity index is 1.60. The molecule has 0 bridgehead atoms. The summed E-state index contributed by atoms with van der Waals surface area (Å²) in [5.41, 5.74) is 1.24. The van der Waals surface area contributed by atoms with E-state index in [4.69, 9.17) is 14.2 Å². The molecule has 0 aliphatic heterocycles. The smallest absolute Gasteiger partial charge is 0.317 e. The molecule has 0 atom stereocenters. The Morgan fingerprint density at radius 1 is 0.750 bits per heavy atom. The SMILES string of the molecule is COc1cc(CNC(=O)Cn2c(=O)c(=O)n(Cc3ccccc3)c3ccccc32)cc(OC)c1OC. The van der Waals surface area contributed by atoms with Gasteiger partial charge in [-0.15, -0.1) is 0 Å². The van der Waals surface area contributed by atoms with E-state index in [1.807, 2.05) is 30.3 Å². The molecule has 0 saturated carbocycles. The summed E-state index contributed by atoms with van der Waals surface area (Å²) in [5.74, 6) is 0.955. The lowest BCUT2D eigenvalue weighted by atomic mass is 10.1. The first-order valence-electron chi connectivity index (χ1n) is 11.3. The molecule has 9 nitrogen and oxygen atoms in total. The van der Waals surface area contributed by atoms with Crippen molar-refractivity contribution in [3.63, 3.8) is 0 Å². The van der Waals surface area contributed by atoms with Crippen molar-refractivity contribution in [2.24, 2.45) is 0 Å². The highest BCUT2D eigenvalue weighted by Gasteiger charge is 2.17. The van der Waals surface area contributed by atoms with E-state index in [1.165, 1.54) is 30.5 Å². The van der Waals surface area contributed by atoms with Crippen molar-refractivity contribution in [2.75, 3.05) is 21.3 Å². The molecule has 4 rings (SSSR count). The molecular weight excluding hydrogens is 462 g/mol. The molecule has 9 heteroatoms. The summed E-state index contributed by atoms with van der Waals surface area (Å²) in [6.45, 7) is 0.113. The van der Waals surface area contributed by atoms with Crippen molar-refractivity contribution >= 4 is 16.9 Å². The number of para-hydroxylation sites is 2. The quantitative estimate of drug-likeness (QED) is 0.363. The average molecular weight is 490 g/mol. The van der Waals surface area contributed by atoms with Gasteiger partial charge in [0.2, 0.25) is 11.7 Å². The second-order valence-corrected chi connectivity index (χ2v) is 8.07. The van der Waals surface area contributed by atoms with Crippen molar-refractivity contribution in [1.82, 2.24) is 14.5 Å². The Bertz CT molecular complexity index is 1480. The van der Waals surface area contributed by atoms with Gasteiger partial charge in [0.25, 0.3) is 0 Å². The number of rotatable bonds is 9. The van der Waals surface area contributed by atoms with Gasteiger partial charge in [0.1, 0.15) is 6.54 Å². The predicted octanol–water partition coefficient (Wildman–Crippen LogP) is 2.55. The maximum Gasteiger partial charge on any atom is 0.317 e. The number of carbonyl (C=O) groups is 1. The number of hydrogen-bond donors (Lipinski definition) is 1. The van der Waals surface area contributed by atoms with Crippen molar-refractivity contribution in [1.29, 1.82) is 0 Å². The zero-order valence-corrected chi connectivity index (χ0v) is 20.3. The van der Waals surface area contributed by atoms with Gasteiger partial charge in [0, 0.05) is 6.54 Å². The van der Waals surface area contributed by atoms with E-state index in [2.05, 4.69) is 5.32 Å². The minimum Gasteiger partial charge on any atom is -0.493 e. The zero-order valence-electron chi connectivity index (χ0n) is 20.3. The molecule has 0 radical (unpaired) electrons. The third kappa shape index (κ3) is 4.95. The largest absolute Gasteiger partial charge is 0.493 e. The molecule has 0 unspecified atom stereocenters. The van der Waals surface area contributed by atoms with Crippen LogP contribution in [0, 0.1) is 0 Å². The lowest BCUT2D eigenvalue weighted by Crippen LogP contribution is -2.44. The van der Waals surface area contributed by atoms with Crippen LogP contribution in [-0.2, 0) is 24.4 Å². The fourth-order valence-electron chi connectivity index (χ4n) is 4.09. The van der Waals surface area contributed by atoms with E-state index < -0.39 is 17.0 Å². The first-order chi connectivity index (χ1) is 17.5. The van der Waals surface area contributed by atoms with Gasteiger partial charge in [-0.25, -0.2) is 0 Å². The lowest BCUT2D eigenvalue weighted by molar-refractivity contribution is -0.121. The lowest BCUT2D eigenvalue weighted by Gasteiger charge is -2.16. The number of ether oxygens (including phenoxy) is 3. The minimum atomic E-state index is -0.757. The van der Waals surface area contributed by atoms with Crippen LogP contribution in [0.3, 0.4) is 0 Å². The highest BCUT2D eigenvalue weighted by molar-refractivity contribution is 5.80. The molecule has 1 aromatic heterocycles. The fraction of sp³-hybridized carbons (Fsp3) is 0.222. The monoisotopic (exact) mass is 489 g/mol. The fourth-order valence-corrected chi connectivity index (χ4v) is 4.09. The van der Waals surface area contributed by atoms with Gasteiger partial charge in [-0.1, -0.05) is 42.5 Å². The van der Waals surface area contributed by atoms with Crippen LogP contribution < -0.4 is 30.6 Å². The van der Waals surface area contributed by atoms with Gasteiger partial charge in [-0.2, -0.15) is 0 Å². The molecule has 1 N–H and O–H groups in total. The van der Waals surface area contributed by atoms with E-state index in [-0.39, 0.29) is 19.6 Å². The molecule has 1 amide bonds. The van der Waals surface area contributed by atoms with Gasteiger partial charge < -0.3 is 19.5 Å². The van der Waals surface area contributed by atoms with E-state index in [0.717, 1.165) is 5.56 Å². The number of nitrogens with one attached hydrogen (secondary N) is 1. The summed E-state index contributed by atoms with van der Waals surface area (Å²) in [7, 11) is 4.53. The summed E-state index contributed by atoms with van der Waals surface area (Å²) < 4.78 is 18.7. The van der Waals surface area contributed by atoms with E-state index in [9.17, 15) is 14.4 Å². The number of nitrogens with zero attached hydrogens (tertiary/aromatic N) is 2. The van der Waals surface area contributed by atoms with E-state index in [1.54, 1.807) is 36.4 Å². The zero-order chi connectivity index (χ0) is 25.7. The van der Waals surface area contributed by atoms with Gasteiger partial charge in [0.05, 0.1) is 38.9 Å². The van der Waals surface area contributed by atoms with Gasteiger partial charge in [-0.05, 0) is 35.4 Å². The minimum absolute atomic E-state index is 0.160. The van der Waals surface area contributed by atoms with Crippen LogP contribution in [0.2, 0.25) is 0 Å². The van der Waals surface area contributed by atoms with Gasteiger partial charge in [-0.3, -0.25) is 23.5 Å². The van der Waals surface area contributed by atoms with Gasteiger partial charge in [0.15, 0.2) is 11.5 Å². The molecule has 36 heavy (non-hydrogen) atoms. The Kier molecular flexibility index (Phi) is 7.39. The second kappa shape index (κ2) is 10.8. The van der Waals surface area contributed by atoms with Crippen LogP contribution in [0.4, 0.5) is 0 Å². The van der Waals surface area contributed by atoms with E-state index in [0.29, 0.717) is 33.8 Å².